The molecule has 0 aromatic heterocycles. The number of rotatable bonds is 5. The van der Waals surface area contributed by atoms with E-state index >= 15 is 0 Å². The lowest BCUT2D eigenvalue weighted by Crippen LogP contribution is -2.05. The normalized spacial score (nSPS) is 17.8. The fraction of sp³-hybridized carbons (Fsp3) is 0.103. The summed E-state index contributed by atoms with van der Waals surface area (Å²) in [5, 5.41) is 2.95. The molecule has 0 atom stereocenters. The smallest absolute Gasteiger partial charge is 0.171 e. The number of allylic oxidation sites excluding steroid dienone is 6. The van der Waals surface area contributed by atoms with E-state index < -0.39 is 7.14 Å². The Morgan fingerprint density at radius 3 is 1.42 bits per heavy atom. The van der Waals surface area contributed by atoms with Crippen molar-refractivity contribution < 1.29 is 4.57 Å². The van der Waals surface area contributed by atoms with E-state index in [0.717, 1.165) is 46.3 Å². The van der Waals surface area contributed by atoms with Gasteiger partial charge in [-0.25, -0.2) is 0 Å². The maximum Gasteiger partial charge on any atom is 0.171 e. The molecule has 3 aromatic carbocycles. The number of hydrogen-bond acceptors (Lipinski definition) is 1. The molecule has 0 N–H and O–H groups in total. The number of fused-ring (bicyclic) bond motifs is 1. The van der Waals surface area contributed by atoms with Gasteiger partial charge in [-0.15, -0.1) is 0 Å². The predicted octanol–water partition coefficient (Wildman–Crippen LogP) is 7.81. The van der Waals surface area contributed by atoms with Crippen LogP contribution in [0.5, 0.6) is 0 Å². The molecule has 152 valence electrons. The average molecular weight is 420 g/mol. The average Bonchev–Trinajstić information content (AvgIpc) is 3.38. The molecule has 1 saturated carbocycles. The van der Waals surface area contributed by atoms with Gasteiger partial charge in [0.25, 0.3) is 0 Å². The zero-order valence-electron chi connectivity index (χ0n) is 17.4. The second-order valence-electron chi connectivity index (χ2n) is 8.01. The molecule has 0 saturated heterocycles. The van der Waals surface area contributed by atoms with Gasteiger partial charge in [0.2, 0.25) is 0 Å². The van der Waals surface area contributed by atoms with Crippen LogP contribution in [0.25, 0.3) is 12.2 Å². The fourth-order valence-corrected chi connectivity index (χ4v) is 7.86. The molecule has 0 radical (unpaired) electrons. The summed E-state index contributed by atoms with van der Waals surface area (Å²) >= 11 is 0. The van der Waals surface area contributed by atoms with Gasteiger partial charge >= 0.3 is 0 Å². The van der Waals surface area contributed by atoms with Crippen LogP contribution in [0.1, 0.15) is 30.4 Å². The topological polar surface area (TPSA) is 17.1 Å². The Morgan fingerprint density at radius 1 is 0.548 bits per heavy atom. The molecular formula is C29H25OP. The fourth-order valence-electron chi connectivity index (χ4n) is 4.62. The summed E-state index contributed by atoms with van der Waals surface area (Å²) < 4.78 is 14.9. The maximum atomic E-state index is 14.9. The molecule has 2 aliphatic rings. The molecule has 1 fully saturated rings. The summed E-state index contributed by atoms with van der Waals surface area (Å²) in [6, 6.07) is 30.6. The summed E-state index contributed by atoms with van der Waals surface area (Å²) in [4.78, 5) is 0. The van der Waals surface area contributed by atoms with Gasteiger partial charge in [0.15, 0.2) is 7.14 Å². The summed E-state index contributed by atoms with van der Waals surface area (Å²) in [6.07, 6.45) is 11.6. The summed E-state index contributed by atoms with van der Waals surface area (Å²) in [5.41, 5.74) is 4.85. The standard InChI is InChI=1S/C29H25OP/c30-31(25-15-8-3-9-16-25)28(21-19-23-11-4-1-5-12-23)26-17-10-18-27(26)29(31)22-20-24-13-6-2-7-14-24/h1-9,11-16,19-22H,10,17-18H2/b21-19+,22-20+. The van der Waals surface area contributed by atoms with Crippen LogP contribution in [-0.2, 0) is 4.57 Å². The van der Waals surface area contributed by atoms with E-state index in [0.29, 0.717) is 0 Å². The van der Waals surface area contributed by atoms with Crippen molar-refractivity contribution in [3.05, 3.63) is 136 Å². The Balaban J connectivity index is 1.64. The van der Waals surface area contributed by atoms with Gasteiger partial charge in [0, 0.05) is 15.9 Å². The van der Waals surface area contributed by atoms with Crippen molar-refractivity contribution in [2.75, 3.05) is 0 Å². The lowest BCUT2D eigenvalue weighted by atomic mass is 10.1. The van der Waals surface area contributed by atoms with Gasteiger partial charge in [-0.3, -0.25) is 0 Å². The van der Waals surface area contributed by atoms with Crippen molar-refractivity contribution in [2.45, 2.75) is 19.3 Å². The largest absolute Gasteiger partial charge is 0.309 e. The zero-order valence-corrected chi connectivity index (χ0v) is 18.3. The first kappa shape index (κ1) is 19.8. The van der Waals surface area contributed by atoms with E-state index in [4.69, 9.17) is 0 Å². The van der Waals surface area contributed by atoms with Crippen LogP contribution in [0.15, 0.2) is 125 Å². The second-order valence-corrected chi connectivity index (χ2v) is 10.7. The molecule has 0 bridgehead atoms. The minimum atomic E-state index is -2.91. The van der Waals surface area contributed by atoms with Crippen LogP contribution in [0.3, 0.4) is 0 Å². The van der Waals surface area contributed by atoms with Crippen LogP contribution in [-0.4, -0.2) is 0 Å². The quantitative estimate of drug-likeness (QED) is 0.385. The van der Waals surface area contributed by atoms with E-state index in [1.54, 1.807) is 0 Å². The molecule has 1 aliphatic heterocycles. The molecule has 0 unspecified atom stereocenters. The first-order chi connectivity index (χ1) is 15.3. The SMILES string of the molecule is O=P1(c2ccccc2)C(/C=C/c2ccccc2)=C2CCCC2=C1/C=C/c1ccccc1. The Hall–Kier alpha value is -3.15. The van der Waals surface area contributed by atoms with E-state index in [1.807, 2.05) is 66.7 Å². The Morgan fingerprint density at radius 2 is 0.968 bits per heavy atom. The van der Waals surface area contributed by atoms with Gasteiger partial charge in [0.05, 0.1) is 0 Å². The Kier molecular flexibility index (Phi) is 5.45. The molecule has 31 heavy (non-hydrogen) atoms. The van der Waals surface area contributed by atoms with Crippen LogP contribution in [0.2, 0.25) is 0 Å². The Labute approximate surface area is 184 Å². The van der Waals surface area contributed by atoms with Crippen LogP contribution < -0.4 is 5.30 Å². The van der Waals surface area contributed by atoms with Gasteiger partial charge in [-0.2, -0.15) is 0 Å². The van der Waals surface area contributed by atoms with Crippen molar-refractivity contribution in [2.24, 2.45) is 0 Å². The Bertz CT molecular complexity index is 1170. The highest BCUT2D eigenvalue weighted by Gasteiger charge is 2.43. The third-order valence-corrected chi connectivity index (χ3v) is 9.32. The van der Waals surface area contributed by atoms with E-state index in [2.05, 4.69) is 48.6 Å². The molecule has 3 aromatic rings. The molecule has 0 amide bonds. The molecule has 1 aliphatic carbocycles. The molecule has 1 nitrogen and oxygen atoms in total. The zero-order chi connectivity index (χ0) is 21.1. The van der Waals surface area contributed by atoms with Gasteiger partial charge < -0.3 is 4.57 Å². The van der Waals surface area contributed by atoms with Crippen molar-refractivity contribution in [3.63, 3.8) is 0 Å². The van der Waals surface area contributed by atoms with Crippen LogP contribution in [0.4, 0.5) is 0 Å². The minimum Gasteiger partial charge on any atom is -0.309 e. The summed E-state index contributed by atoms with van der Waals surface area (Å²) in [7, 11) is -2.91. The van der Waals surface area contributed by atoms with Gasteiger partial charge in [-0.1, -0.05) is 103 Å². The van der Waals surface area contributed by atoms with Crippen molar-refractivity contribution in [1.29, 1.82) is 0 Å². The summed E-state index contributed by atoms with van der Waals surface area (Å²) in [5.74, 6) is 0. The highest BCUT2D eigenvalue weighted by Crippen LogP contribution is 2.70. The molecule has 5 rings (SSSR count). The first-order valence-corrected chi connectivity index (χ1v) is 12.6. The van der Waals surface area contributed by atoms with Crippen molar-refractivity contribution >= 4 is 24.6 Å². The number of hydrogen-bond donors (Lipinski definition) is 0. The van der Waals surface area contributed by atoms with E-state index in [9.17, 15) is 4.57 Å². The molecule has 0 spiro atoms. The monoisotopic (exact) mass is 420 g/mol. The van der Waals surface area contributed by atoms with E-state index in [1.165, 1.54) is 11.1 Å². The first-order valence-electron chi connectivity index (χ1n) is 10.9. The maximum absolute atomic E-state index is 14.9. The number of benzene rings is 3. The highest BCUT2D eigenvalue weighted by molar-refractivity contribution is 7.80. The second kappa shape index (κ2) is 8.53. The minimum absolute atomic E-state index is 0.921. The van der Waals surface area contributed by atoms with Crippen LogP contribution in [0, 0.1) is 0 Å². The van der Waals surface area contributed by atoms with Gasteiger partial charge in [0.1, 0.15) is 0 Å². The third-order valence-electron chi connectivity index (χ3n) is 6.10. The van der Waals surface area contributed by atoms with Crippen molar-refractivity contribution in [3.8, 4) is 0 Å². The summed E-state index contributed by atoms with van der Waals surface area (Å²) in [6.45, 7) is 0. The van der Waals surface area contributed by atoms with E-state index in [-0.39, 0.29) is 0 Å². The molecule has 1 heterocycles. The lowest BCUT2D eigenvalue weighted by Gasteiger charge is -2.19. The van der Waals surface area contributed by atoms with Crippen LogP contribution >= 0.6 is 7.14 Å². The lowest BCUT2D eigenvalue weighted by molar-refractivity contribution is 0.590. The highest BCUT2D eigenvalue weighted by atomic mass is 31.2. The van der Waals surface area contributed by atoms with Gasteiger partial charge in [-0.05, 0) is 53.7 Å². The van der Waals surface area contributed by atoms with Crippen molar-refractivity contribution in [1.82, 2.24) is 0 Å². The molecule has 2 heteroatoms. The molecular weight excluding hydrogens is 395 g/mol. The third kappa shape index (κ3) is 3.71. The predicted molar refractivity (Wildman–Crippen MR) is 133 cm³/mol.